The highest BCUT2D eigenvalue weighted by atomic mass is 16.1. The van der Waals surface area contributed by atoms with E-state index in [1.54, 1.807) is 0 Å². The van der Waals surface area contributed by atoms with Crippen molar-refractivity contribution in [3.05, 3.63) is 29.8 Å². The number of benzene rings is 1. The molecule has 15 heavy (non-hydrogen) atoms. The summed E-state index contributed by atoms with van der Waals surface area (Å²) >= 11 is 0. The van der Waals surface area contributed by atoms with Gasteiger partial charge >= 0.3 is 0 Å². The molecule has 0 radical (unpaired) electrons. The molecule has 1 aromatic rings. The number of hydrogen-bond donors (Lipinski definition) is 0. The smallest absolute Gasteiger partial charge is 0.164 e. The normalized spacial score (nSPS) is 15.7. The van der Waals surface area contributed by atoms with Crippen molar-refractivity contribution in [2.24, 2.45) is 0 Å². The van der Waals surface area contributed by atoms with Crippen LogP contribution >= 0.6 is 0 Å². The van der Waals surface area contributed by atoms with Gasteiger partial charge in [0.1, 0.15) is 0 Å². The summed E-state index contributed by atoms with van der Waals surface area (Å²) in [5.41, 5.74) is 2.02. The lowest BCUT2D eigenvalue weighted by Gasteiger charge is -2.20. The summed E-state index contributed by atoms with van der Waals surface area (Å²) in [4.78, 5) is 14.1. The van der Waals surface area contributed by atoms with E-state index in [9.17, 15) is 4.79 Å². The van der Waals surface area contributed by atoms with Crippen molar-refractivity contribution >= 4 is 11.5 Å². The van der Waals surface area contributed by atoms with Gasteiger partial charge in [-0.25, -0.2) is 0 Å². The average molecular weight is 203 g/mol. The second-order valence-electron chi connectivity index (χ2n) is 3.99. The Balaban J connectivity index is 2.32. The fourth-order valence-electron chi connectivity index (χ4n) is 2.13. The number of carbonyl (C=O) groups is 1. The van der Waals surface area contributed by atoms with Crippen LogP contribution in [0, 0.1) is 0 Å². The Bertz CT molecular complexity index is 353. The molecule has 1 fully saturated rings. The largest absolute Gasteiger partial charge is 0.371 e. The van der Waals surface area contributed by atoms with E-state index in [0.29, 0.717) is 6.42 Å². The quantitative estimate of drug-likeness (QED) is 0.704. The van der Waals surface area contributed by atoms with Crippen LogP contribution in [0.15, 0.2) is 24.3 Å². The molecule has 0 unspecified atom stereocenters. The van der Waals surface area contributed by atoms with Gasteiger partial charge in [0.25, 0.3) is 0 Å². The van der Waals surface area contributed by atoms with Crippen molar-refractivity contribution in [2.75, 3.05) is 18.0 Å². The van der Waals surface area contributed by atoms with E-state index in [1.807, 2.05) is 25.1 Å². The number of anilines is 1. The van der Waals surface area contributed by atoms with Gasteiger partial charge in [0.2, 0.25) is 0 Å². The maximum absolute atomic E-state index is 11.8. The van der Waals surface area contributed by atoms with Crippen molar-refractivity contribution in [1.82, 2.24) is 0 Å². The summed E-state index contributed by atoms with van der Waals surface area (Å²) in [6, 6.07) is 7.97. The summed E-state index contributed by atoms with van der Waals surface area (Å²) in [5, 5.41) is 0. The lowest BCUT2D eigenvalue weighted by molar-refractivity contribution is 0.0988. The highest BCUT2D eigenvalue weighted by Gasteiger charge is 2.17. The zero-order valence-electron chi connectivity index (χ0n) is 9.20. The highest BCUT2D eigenvalue weighted by Crippen LogP contribution is 2.25. The van der Waals surface area contributed by atoms with Gasteiger partial charge in [-0.15, -0.1) is 0 Å². The number of para-hydroxylation sites is 1. The average Bonchev–Trinajstić information content (AvgIpc) is 2.81. The highest BCUT2D eigenvalue weighted by molar-refractivity contribution is 6.01. The Hall–Kier alpha value is -1.31. The van der Waals surface area contributed by atoms with Crippen LogP contribution in [0.5, 0.6) is 0 Å². The first kappa shape index (κ1) is 10.2. The molecule has 2 nitrogen and oxygen atoms in total. The second kappa shape index (κ2) is 4.47. The van der Waals surface area contributed by atoms with Crippen LogP contribution in [0.1, 0.15) is 36.5 Å². The van der Waals surface area contributed by atoms with E-state index < -0.39 is 0 Å². The number of ketones is 1. The predicted molar refractivity (Wildman–Crippen MR) is 62.5 cm³/mol. The third-order valence-electron chi connectivity index (χ3n) is 2.97. The minimum absolute atomic E-state index is 0.248. The molecule has 1 saturated heterocycles. The summed E-state index contributed by atoms with van der Waals surface area (Å²) in [6.07, 6.45) is 3.08. The SMILES string of the molecule is CCC(=O)c1ccccc1N1CCCC1. The van der Waals surface area contributed by atoms with Crippen LogP contribution in [0.2, 0.25) is 0 Å². The van der Waals surface area contributed by atoms with Crippen molar-refractivity contribution in [1.29, 1.82) is 0 Å². The zero-order chi connectivity index (χ0) is 10.7. The molecule has 0 spiro atoms. The first-order valence-corrected chi connectivity index (χ1v) is 5.70. The maximum atomic E-state index is 11.8. The van der Waals surface area contributed by atoms with Gasteiger partial charge in [-0.3, -0.25) is 4.79 Å². The van der Waals surface area contributed by atoms with Crippen LogP contribution < -0.4 is 4.90 Å². The van der Waals surface area contributed by atoms with Gasteiger partial charge in [-0.05, 0) is 25.0 Å². The van der Waals surface area contributed by atoms with E-state index in [-0.39, 0.29) is 5.78 Å². The van der Waals surface area contributed by atoms with Gasteiger partial charge in [0.05, 0.1) is 0 Å². The van der Waals surface area contributed by atoms with Gasteiger partial charge < -0.3 is 4.90 Å². The fraction of sp³-hybridized carbons (Fsp3) is 0.462. The number of hydrogen-bond acceptors (Lipinski definition) is 2. The van der Waals surface area contributed by atoms with Gasteiger partial charge in [-0.2, -0.15) is 0 Å². The van der Waals surface area contributed by atoms with Crippen molar-refractivity contribution in [3.8, 4) is 0 Å². The molecule has 1 aliphatic heterocycles. The van der Waals surface area contributed by atoms with E-state index >= 15 is 0 Å². The summed E-state index contributed by atoms with van der Waals surface area (Å²) in [7, 11) is 0. The number of nitrogens with zero attached hydrogens (tertiary/aromatic N) is 1. The van der Waals surface area contributed by atoms with Gasteiger partial charge in [-0.1, -0.05) is 19.1 Å². The predicted octanol–water partition coefficient (Wildman–Crippen LogP) is 2.88. The summed E-state index contributed by atoms with van der Waals surface area (Å²) < 4.78 is 0. The number of rotatable bonds is 3. The summed E-state index contributed by atoms with van der Waals surface area (Å²) in [5.74, 6) is 0.248. The molecule has 0 atom stereocenters. The lowest BCUT2D eigenvalue weighted by atomic mass is 10.1. The molecule has 2 rings (SSSR count). The third kappa shape index (κ3) is 2.04. The zero-order valence-corrected chi connectivity index (χ0v) is 9.20. The first-order chi connectivity index (χ1) is 7.33. The molecule has 0 saturated carbocycles. The molecular formula is C13H17NO. The minimum Gasteiger partial charge on any atom is -0.371 e. The number of carbonyl (C=O) groups excluding carboxylic acids is 1. The fourth-order valence-corrected chi connectivity index (χ4v) is 2.13. The molecule has 0 amide bonds. The Morgan fingerprint density at radius 1 is 1.27 bits per heavy atom. The van der Waals surface area contributed by atoms with E-state index in [0.717, 1.165) is 24.3 Å². The Morgan fingerprint density at radius 2 is 1.93 bits per heavy atom. The van der Waals surface area contributed by atoms with Crippen LogP contribution in [0.4, 0.5) is 5.69 Å². The third-order valence-corrected chi connectivity index (χ3v) is 2.97. The van der Waals surface area contributed by atoms with E-state index in [4.69, 9.17) is 0 Å². The molecule has 1 aliphatic rings. The molecule has 1 aromatic carbocycles. The van der Waals surface area contributed by atoms with Crippen molar-refractivity contribution in [2.45, 2.75) is 26.2 Å². The molecule has 0 aromatic heterocycles. The second-order valence-corrected chi connectivity index (χ2v) is 3.99. The van der Waals surface area contributed by atoms with Crippen LogP contribution in [0.3, 0.4) is 0 Å². The van der Waals surface area contributed by atoms with Crippen LogP contribution in [0.25, 0.3) is 0 Å². The Labute approximate surface area is 90.9 Å². The molecule has 1 heterocycles. The monoisotopic (exact) mass is 203 g/mol. The first-order valence-electron chi connectivity index (χ1n) is 5.70. The summed E-state index contributed by atoms with van der Waals surface area (Å²) in [6.45, 7) is 4.10. The molecule has 0 aliphatic carbocycles. The molecule has 0 N–H and O–H groups in total. The number of Topliss-reactive ketones (excluding diaryl/α,β-unsaturated/α-hetero) is 1. The lowest BCUT2D eigenvalue weighted by Crippen LogP contribution is -2.20. The van der Waals surface area contributed by atoms with E-state index in [1.165, 1.54) is 12.8 Å². The van der Waals surface area contributed by atoms with Gasteiger partial charge in [0, 0.05) is 30.8 Å². The van der Waals surface area contributed by atoms with E-state index in [2.05, 4.69) is 11.0 Å². The molecule has 0 bridgehead atoms. The van der Waals surface area contributed by atoms with Crippen LogP contribution in [-0.2, 0) is 0 Å². The maximum Gasteiger partial charge on any atom is 0.164 e. The molecular weight excluding hydrogens is 186 g/mol. The standard InChI is InChI=1S/C13H17NO/c1-2-13(15)11-7-3-4-8-12(11)14-9-5-6-10-14/h3-4,7-8H,2,5-6,9-10H2,1H3. The van der Waals surface area contributed by atoms with Crippen molar-refractivity contribution < 1.29 is 4.79 Å². The Kier molecular flexibility index (Phi) is 3.05. The topological polar surface area (TPSA) is 20.3 Å². The van der Waals surface area contributed by atoms with Crippen molar-refractivity contribution in [3.63, 3.8) is 0 Å². The Morgan fingerprint density at radius 3 is 2.60 bits per heavy atom. The molecule has 80 valence electrons. The molecule has 2 heteroatoms. The van der Waals surface area contributed by atoms with Crippen LogP contribution in [-0.4, -0.2) is 18.9 Å². The minimum atomic E-state index is 0.248. The van der Waals surface area contributed by atoms with Gasteiger partial charge in [0.15, 0.2) is 5.78 Å².